The first-order chi connectivity index (χ1) is 10.1. The molecule has 0 bridgehead atoms. The summed E-state index contributed by atoms with van der Waals surface area (Å²) in [4.78, 5) is 11.1. The molecule has 0 radical (unpaired) electrons. The Balaban J connectivity index is 3.27. The first-order valence-corrected chi connectivity index (χ1v) is 9.32. The van der Waals surface area contributed by atoms with Gasteiger partial charge in [-0.25, -0.2) is 0 Å². The quantitative estimate of drug-likeness (QED) is 0.353. The number of unbranched alkanes of at least 4 members (excludes halogenated alkanes) is 11. The molecule has 0 spiro atoms. The summed E-state index contributed by atoms with van der Waals surface area (Å²) in [5.41, 5.74) is 0. The molecule has 0 heterocycles. The molecule has 0 aromatic heterocycles. The van der Waals surface area contributed by atoms with Crippen LogP contribution < -0.4 is 0 Å². The van der Waals surface area contributed by atoms with E-state index in [-0.39, 0.29) is 11.8 Å². The van der Waals surface area contributed by atoms with Crippen LogP contribution in [-0.4, -0.2) is 11.1 Å². The highest BCUT2D eigenvalue weighted by Crippen LogP contribution is 2.20. The van der Waals surface area contributed by atoms with Crippen LogP contribution in [0.15, 0.2) is 0 Å². The summed E-state index contributed by atoms with van der Waals surface area (Å²) in [5, 5.41) is 9.12. The van der Waals surface area contributed by atoms with Crippen molar-refractivity contribution in [2.75, 3.05) is 0 Å². The van der Waals surface area contributed by atoms with Crippen LogP contribution in [0.4, 0.5) is 0 Å². The maximum atomic E-state index is 11.1. The lowest BCUT2D eigenvalue weighted by Crippen LogP contribution is -2.19. The first-order valence-electron chi connectivity index (χ1n) is 9.32. The van der Waals surface area contributed by atoms with Gasteiger partial charge in [-0.1, -0.05) is 97.8 Å². The number of aliphatic carboxylic acids is 1. The molecule has 21 heavy (non-hydrogen) atoms. The average Bonchev–Trinajstić information content (AvgIpc) is 2.43. The van der Waals surface area contributed by atoms with E-state index in [9.17, 15) is 4.79 Å². The van der Waals surface area contributed by atoms with Gasteiger partial charge in [0.25, 0.3) is 0 Å². The van der Waals surface area contributed by atoms with Crippen LogP contribution in [0.2, 0.25) is 0 Å². The largest absolute Gasteiger partial charge is 0.481 e. The second-order valence-electron chi connectivity index (χ2n) is 6.87. The Morgan fingerprint density at radius 3 is 1.48 bits per heavy atom. The molecule has 0 rings (SSSR count). The molecule has 126 valence electrons. The lowest BCUT2D eigenvalue weighted by Gasteiger charge is -2.15. The van der Waals surface area contributed by atoms with Gasteiger partial charge < -0.3 is 5.11 Å². The van der Waals surface area contributed by atoms with Crippen LogP contribution in [0.25, 0.3) is 0 Å². The van der Waals surface area contributed by atoms with E-state index in [4.69, 9.17) is 5.11 Å². The summed E-state index contributed by atoms with van der Waals surface area (Å²) < 4.78 is 0. The highest BCUT2D eigenvalue weighted by molar-refractivity contribution is 5.70. The third-order valence-corrected chi connectivity index (χ3v) is 4.49. The molecule has 1 atom stereocenters. The van der Waals surface area contributed by atoms with Gasteiger partial charge in [0.1, 0.15) is 0 Å². The Kier molecular flexibility index (Phi) is 14.0. The number of carboxylic acid groups (broad SMARTS) is 1. The van der Waals surface area contributed by atoms with Gasteiger partial charge in [0.15, 0.2) is 0 Å². The maximum absolute atomic E-state index is 11.1. The van der Waals surface area contributed by atoms with Crippen LogP contribution in [0.3, 0.4) is 0 Å². The molecule has 0 aliphatic rings. The molecule has 0 amide bonds. The Morgan fingerprint density at radius 1 is 0.762 bits per heavy atom. The molecule has 0 saturated heterocycles. The summed E-state index contributed by atoms with van der Waals surface area (Å²) >= 11 is 0. The van der Waals surface area contributed by atoms with Gasteiger partial charge in [-0.2, -0.15) is 0 Å². The topological polar surface area (TPSA) is 37.3 Å². The fraction of sp³-hybridized carbons (Fsp3) is 0.947. The minimum Gasteiger partial charge on any atom is -0.481 e. The maximum Gasteiger partial charge on any atom is 0.306 e. The lowest BCUT2D eigenvalue weighted by atomic mass is 9.90. The molecule has 0 aliphatic heterocycles. The van der Waals surface area contributed by atoms with E-state index in [0.717, 1.165) is 12.8 Å². The summed E-state index contributed by atoms with van der Waals surface area (Å²) in [6, 6.07) is 0. The van der Waals surface area contributed by atoms with Gasteiger partial charge >= 0.3 is 5.97 Å². The minimum atomic E-state index is -0.618. The monoisotopic (exact) mass is 298 g/mol. The van der Waals surface area contributed by atoms with Crippen LogP contribution in [0.5, 0.6) is 0 Å². The normalized spacial score (nSPS) is 12.8. The standard InChI is InChI=1S/C19H38O2/c1-4-5-6-7-8-9-10-11-12-13-14-15-16-18(17(2)3)19(20)21/h17-18H,4-16H2,1-3H3,(H,20,21). The molecular weight excluding hydrogens is 260 g/mol. The van der Waals surface area contributed by atoms with E-state index >= 15 is 0 Å². The van der Waals surface area contributed by atoms with Gasteiger partial charge in [0.2, 0.25) is 0 Å². The van der Waals surface area contributed by atoms with Crippen molar-refractivity contribution >= 4 is 5.97 Å². The van der Waals surface area contributed by atoms with Crippen LogP contribution in [-0.2, 0) is 4.79 Å². The number of carboxylic acids is 1. The molecule has 0 aromatic rings. The summed E-state index contributed by atoms with van der Waals surface area (Å²) in [5.74, 6) is -0.503. The summed E-state index contributed by atoms with van der Waals surface area (Å²) in [6.45, 7) is 6.29. The smallest absolute Gasteiger partial charge is 0.306 e. The van der Waals surface area contributed by atoms with Gasteiger partial charge in [0.05, 0.1) is 5.92 Å². The lowest BCUT2D eigenvalue weighted by molar-refractivity contribution is -0.143. The van der Waals surface area contributed by atoms with E-state index in [0.29, 0.717) is 0 Å². The van der Waals surface area contributed by atoms with Crippen LogP contribution >= 0.6 is 0 Å². The zero-order chi connectivity index (χ0) is 15.9. The third-order valence-electron chi connectivity index (χ3n) is 4.49. The van der Waals surface area contributed by atoms with Gasteiger partial charge in [0, 0.05) is 0 Å². The summed E-state index contributed by atoms with van der Waals surface area (Å²) in [6.07, 6.45) is 16.9. The van der Waals surface area contributed by atoms with Gasteiger partial charge in [-0.3, -0.25) is 4.79 Å². The highest BCUT2D eigenvalue weighted by Gasteiger charge is 2.20. The molecule has 0 aliphatic carbocycles. The van der Waals surface area contributed by atoms with Gasteiger partial charge in [-0.05, 0) is 12.3 Å². The van der Waals surface area contributed by atoms with E-state index < -0.39 is 5.97 Å². The van der Waals surface area contributed by atoms with Crippen molar-refractivity contribution < 1.29 is 9.90 Å². The highest BCUT2D eigenvalue weighted by atomic mass is 16.4. The van der Waals surface area contributed by atoms with Crippen molar-refractivity contribution in [3.8, 4) is 0 Å². The predicted octanol–water partition coefficient (Wildman–Crippen LogP) is 6.43. The molecule has 0 aromatic carbocycles. The number of hydrogen-bond acceptors (Lipinski definition) is 1. The number of rotatable bonds is 15. The average molecular weight is 299 g/mol. The molecule has 0 saturated carbocycles. The molecule has 1 N–H and O–H groups in total. The Labute approximate surface area is 132 Å². The van der Waals surface area contributed by atoms with Crippen molar-refractivity contribution in [1.29, 1.82) is 0 Å². The molecule has 1 unspecified atom stereocenters. The predicted molar refractivity (Wildman–Crippen MR) is 91.7 cm³/mol. The third kappa shape index (κ3) is 12.9. The van der Waals surface area contributed by atoms with E-state index in [1.807, 2.05) is 13.8 Å². The molecule has 2 nitrogen and oxygen atoms in total. The van der Waals surface area contributed by atoms with Crippen LogP contribution in [0.1, 0.15) is 104 Å². The SMILES string of the molecule is CCCCCCCCCCCCCCC(C(=O)O)C(C)C. The first kappa shape index (κ1) is 20.5. The fourth-order valence-corrected chi connectivity index (χ4v) is 2.95. The Morgan fingerprint density at radius 2 is 1.14 bits per heavy atom. The number of carbonyl (C=O) groups is 1. The van der Waals surface area contributed by atoms with Crippen molar-refractivity contribution in [1.82, 2.24) is 0 Å². The second kappa shape index (κ2) is 14.4. The number of hydrogen-bond donors (Lipinski definition) is 1. The Hall–Kier alpha value is -0.530. The summed E-state index contributed by atoms with van der Waals surface area (Å²) in [7, 11) is 0. The van der Waals surface area contributed by atoms with Crippen molar-refractivity contribution in [3.05, 3.63) is 0 Å². The zero-order valence-electron chi connectivity index (χ0n) is 14.7. The molecule has 0 fully saturated rings. The second-order valence-corrected chi connectivity index (χ2v) is 6.87. The van der Waals surface area contributed by atoms with Crippen molar-refractivity contribution in [2.24, 2.45) is 11.8 Å². The zero-order valence-corrected chi connectivity index (χ0v) is 14.7. The van der Waals surface area contributed by atoms with Crippen LogP contribution in [0, 0.1) is 11.8 Å². The molecular formula is C19H38O2. The van der Waals surface area contributed by atoms with Crippen molar-refractivity contribution in [2.45, 2.75) is 104 Å². The van der Waals surface area contributed by atoms with Crippen molar-refractivity contribution in [3.63, 3.8) is 0 Å². The fourth-order valence-electron chi connectivity index (χ4n) is 2.95. The van der Waals surface area contributed by atoms with E-state index in [1.165, 1.54) is 70.6 Å². The van der Waals surface area contributed by atoms with E-state index in [1.54, 1.807) is 0 Å². The minimum absolute atomic E-state index is 0.145. The van der Waals surface area contributed by atoms with Gasteiger partial charge in [-0.15, -0.1) is 0 Å². The molecule has 2 heteroatoms. The Bertz CT molecular complexity index is 236. The van der Waals surface area contributed by atoms with E-state index in [2.05, 4.69) is 6.92 Å².